The lowest BCUT2D eigenvalue weighted by Gasteiger charge is -2.04. The molecule has 0 amide bonds. The van der Waals surface area contributed by atoms with E-state index in [0.717, 1.165) is 56.4 Å². The van der Waals surface area contributed by atoms with Gasteiger partial charge < -0.3 is 19.0 Å². The Labute approximate surface area is 279 Å². The number of pyridine rings is 2. The van der Waals surface area contributed by atoms with E-state index in [9.17, 15) is 23.4 Å². The van der Waals surface area contributed by atoms with Gasteiger partial charge in [-0.15, -0.1) is 0 Å². The molecule has 0 aliphatic carbocycles. The average molecular weight is 655 g/mol. The molecule has 8 rings (SSSR count). The molecule has 0 bridgehead atoms. The summed E-state index contributed by atoms with van der Waals surface area (Å²) in [5.41, 5.74) is 9.81. The summed E-state index contributed by atoms with van der Waals surface area (Å²) in [6, 6.07) is 32.8. The van der Waals surface area contributed by atoms with E-state index in [1.54, 1.807) is 18.3 Å². The largest absolute Gasteiger partial charge is 0.392 e. The molecule has 0 aliphatic rings. The number of imidazole rings is 2. The number of aromatic nitrogens is 4. The van der Waals surface area contributed by atoms with Gasteiger partial charge in [0, 0.05) is 42.0 Å². The maximum atomic E-state index is 13.4. The number of hydrogen-bond donors (Lipinski definition) is 2. The van der Waals surface area contributed by atoms with Gasteiger partial charge in [-0.05, 0) is 106 Å². The second-order valence-electron chi connectivity index (χ2n) is 11.5. The topological polar surface area (TPSA) is 75.1 Å². The first-order valence-electron chi connectivity index (χ1n) is 15.5. The third kappa shape index (κ3) is 6.99. The van der Waals surface area contributed by atoms with Crippen LogP contribution >= 0.6 is 0 Å². The van der Waals surface area contributed by atoms with Crippen molar-refractivity contribution in [1.29, 1.82) is 0 Å². The van der Waals surface area contributed by atoms with Gasteiger partial charge in [0.1, 0.15) is 28.7 Å². The summed E-state index contributed by atoms with van der Waals surface area (Å²) in [5, 5.41) is 18.6. The highest BCUT2D eigenvalue weighted by Crippen LogP contribution is 2.26. The van der Waals surface area contributed by atoms with Crippen molar-refractivity contribution in [1.82, 2.24) is 18.8 Å². The maximum absolute atomic E-state index is 13.4. The summed E-state index contributed by atoms with van der Waals surface area (Å²) < 4.78 is 43.7. The number of nitrogens with zero attached hydrogens (tertiary/aromatic N) is 4. The molecule has 0 aliphatic heterocycles. The molecule has 0 radical (unpaired) electrons. The van der Waals surface area contributed by atoms with Crippen LogP contribution in [-0.2, 0) is 13.2 Å². The number of hydrogen-bond acceptors (Lipinski definition) is 4. The summed E-state index contributed by atoms with van der Waals surface area (Å²) in [7, 11) is 0. The predicted octanol–water partition coefficient (Wildman–Crippen LogP) is 8.74. The average Bonchev–Trinajstić information content (AvgIpc) is 3.76. The molecule has 242 valence electrons. The van der Waals surface area contributed by atoms with Gasteiger partial charge in [0.25, 0.3) is 0 Å². The van der Waals surface area contributed by atoms with Crippen molar-refractivity contribution >= 4 is 11.3 Å². The van der Waals surface area contributed by atoms with Gasteiger partial charge >= 0.3 is 0 Å². The zero-order chi connectivity index (χ0) is 33.9. The maximum Gasteiger partial charge on any atom is 0.137 e. The fourth-order valence-corrected chi connectivity index (χ4v) is 5.62. The number of rotatable bonds is 6. The first kappa shape index (κ1) is 31.6. The Morgan fingerprint density at radius 2 is 0.898 bits per heavy atom. The minimum absolute atomic E-state index is 0.0174. The highest BCUT2D eigenvalue weighted by atomic mass is 19.1. The van der Waals surface area contributed by atoms with Gasteiger partial charge in [-0.3, -0.25) is 0 Å². The van der Waals surface area contributed by atoms with Crippen LogP contribution in [0, 0.1) is 17.5 Å². The molecule has 2 N–H and O–H groups in total. The van der Waals surface area contributed by atoms with Gasteiger partial charge in [0.15, 0.2) is 0 Å². The van der Waals surface area contributed by atoms with Gasteiger partial charge in [0.05, 0.1) is 24.6 Å². The molecular weight excluding hydrogens is 625 g/mol. The Morgan fingerprint density at radius 1 is 0.429 bits per heavy atom. The first-order chi connectivity index (χ1) is 23.8. The fourth-order valence-electron chi connectivity index (χ4n) is 5.62. The molecule has 0 saturated carbocycles. The lowest BCUT2D eigenvalue weighted by Crippen LogP contribution is -1.87. The number of fused-ring (bicyclic) bond motifs is 2. The number of aliphatic hydroxyl groups excluding tert-OH is 2. The monoisotopic (exact) mass is 654 g/mol. The van der Waals surface area contributed by atoms with Gasteiger partial charge in [-0.1, -0.05) is 36.4 Å². The number of benzene rings is 4. The third-order valence-electron chi connectivity index (χ3n) is 8.09. The van der Waals surface area contributed by atoms with E-state index in [-0.39, 0.29) is 19.0 Å². The van der Waals surface area contributed by atoms with Crippen LogP contribution in [0.4, 0.5) is 13.2 Å². The highest BCUT2D eigenvalue weighted by Gasteiger charge is 2.10. The van der Waals surface area contributed by atoms with E-state index in [4.69, 9.17) is 0 Å². The minimum Gasteiger partial charge on any atom is -0.392 e. The van der Waals surface area contributed by atoms with Crippen molar-refractivity contribution < 1.29 is 23.4 Å². The number of halogens is 3. The van der Waals surface area contributed by atoms with Crippen molar-refractivity contribution in [2.24, 2.45) is 0 Å². The minimum atomic E-state index is -0.631. The summed E-state index contributed by atoms with van der Waals surface area (Å²) in [5.74, 6) is -1.52. The van der Waals surface area contributed by atoms with Gasteiger partial charge in [0.2, 0.25) is 0 Å². The van der Waals surface area contributed by atoms with Crippen molar-refractivity contribution in [2.45, 2.75) is 13.2 Å². The summed E-state index contributed by atoms with van der Waals surface area (Å²) in [6.07, 6.45) is 7.58. The Kier molecular flexibility index (Phi) is 8.76. The molecule has 8 aromatic rings. The van der Waals surface area contributed by atoms with Crippen LogP contribution in [0.3, 0.4) is 0 Å². The van der Waals surface area contributed by atoms with Crippen molar-refractivity contribution in [2.75, 3.05) is 0 Å². The van der Waals surface area contributed by atoms with Crippen molar-refractivity contribution in [3.63, 3.8) is 0 Å². The lowest BCUT2D eigenvalue weighted by molar-refractivity contribution is 0.281. The SMILES string of the molecule is OCc1cccc(-c2ccc3nc(-c4cc(F)cc(F)c4)cn3c2)c1.OCc1cccc(-c2ccc3nc(-c4ccc(F)cc4)cn3c2)c1. The summed E-state index contributed by atoms with van der Waals surface area (Å²) in [4.78, 5) is 9.00. The molecule has 4 heterocycles. The van der Waals surface area contributed by atoms with E-state index in [1.165, 1.54) is 24.3 Å². The van der Waals surface area contributed by atoms with E-state index >= 15 is 0 Å². The van der Waals surface area contributed by atoms with Crippen molar-refractivity contribution in [3.05, 3.63) is 169 Å². The number of aliphatic hydroxyl groups is 2. The summed E-state index contributed by atoms with van der Waals surface area (Å²) >= 11 is 0. The molecule has 0 saturated heterocycles. The standard InChI is InChI=1S/C20H14F2N2O.C20H15FN2O/c21-17-7-16(8-18(22)9-17)19-11-24-10-15(4-5-20(24)23-19)14-3-1-2-13(6-14)12-25;21-18-7-4-15(5-8-18)19-12-23-11-17(6-9-20(23)22-19)16-3-1-2-14(10-16)13-24/h1-11,25H,12H2;1-12,24H,13H2. The molecule has 4 aromatic carbocycles. The quantitative estimate of drug-likeness (QED) is 0.188. The molecule has 49 heavy (non-hydrogen) atoms. The molecule has 4 aromatic heterocycles. The molecule has 6 nitrogen and oxygen atoms in total. The smallest absolute Gasteiger partial charge is 0.137 e. The Morgan fingerprint density at radius 3 is 1.39 bits per heavy atom. The van der Waals surface area contributed by atoms with Crippen LogP contribution in [0.1, 0.15) is 11.1 Å². The molecule has 9 heteroatoms. The van der Waals surface area contributed by atoms with Gasteiger partial charge in [-0.25, -0.2) is 23.1 Å². The van der Waals surface area contributed by atoms with E-state index in [1.807, 2.05) is 100 Å². The highest BCUT2D eigenvalue weighted by molar-refractivity contribution is 5.69. The molecule has 0 fully saturated rings. The zero-order valence-corrected chi connectivity index (χ0v) is 26.0. The molecule has 0 atom stereocenters. The van der Waals surface area contributed by atoms with Crippen LogP contribution in [0.5, 0.6) is 0 Å². The van der Waals surface area contributed by atoms with Crippen LogP contribution < -0.4 is 0 Å². The van der Waals surface area contributed by atoms with E-state index in [2.05, 4.69) is 9.97 Å². The Balaban J connectivity index is 0.000000154. The molecular formula is C40H29F3N4O2. The van der Waals surface area contributed by atoms with Gasteiger partial charge in [-0.2, -0.15) is 0 Å². The zero-order valence-electron chi connectivity index (χ0n) is 26.0. The van der Waals surface area contributed by atoms with E-state index in [0.29, 0.717) is 16.9 Å². The summed E-state index contributed by atoms with van der Waals surface area (Å²) in [6.45, 7) is 0.00627. The Bertz CT molecular complexity index is 2400. The normalized spacial score (nSPS) is 11.1. The second-order valence-corrected chi connectivity index (χ2v) is 11.5. The lowest BCUT2D eigenvalue weighted by atomic mass is 10.1. The fraction of sp³-hybridized carbons (Fsp3) is 0.0500. The van der Waals surface area contributed by atoms with Crippen LogP contribution in [0.15, 0.2) is 140 Å². The van der Waals surface area contributed by atoms with Crippen LogP contribution in [0.2, 0.25) is 0 Å². The molecule has 0 spiro atoms. The van der Waals surface area contributed by atoms with E-state index < -0.39 is 11.6 Å². The van der Waals surface area contributed by atoms with Crippen LogP contribution in [0.25, 0.3) is 56.1 Å². The first-order valence-corrected chi connectivity index (χ1v) is 15.5. The van der Waals surface area contributed by atoms with Crippen LogP contribution in [-0.4, -0.2) is 29.0 Å². The second kappa shape index (κ2) is 13.6. The predicted molar refractivity (Wildman–Crippen MR) is 184 cm³/mol. The molecule has 0 unspecified atom stereocenters. The van der Waals surface area contributed by atoms with Crippen molar-refractivity contribution in [3.8, 4) is 44.8 Å². The third-order valence-corrected chi connectivity index (χ3v) is 8.09. The Hall–Kier alpha value is -6.03.